The molecule has 0 aromatic heterocycles. The van der Waals surface area contributed by atoms with Gasteiger partial charge in [0.2, 0.25) is 5.91 Å². The third kappa shape index (κ3) is 6.66. The van der Waals surface area contributed by atoms with Crippen LogP contribution in [0.5, 0.6) is 0 Å². The Morgan fingerprint density at radius 2 is 1.76 bits per heavy atom. The lowest BCUT2D eigenvalue weighted by Gasteiger charge is -2.31. The van der Waals surface area contributed by atoms with Crippen LogP contribution in [0.25, 0.3) is 0 Å². The van der Waals surface area contributed by atoms with Crippen LogP contribution in [0.15, 0.2) is 24.3 Å². The van der Waals surface area contributed by atoms with Crippen LogP contribution < -0.4 is 5.32 Å². The third-order valence-corrected chi connectivity index (χ3v) is 8.50. The first-order chi connectivity index (χ1) is 15.4. The van der Waals surface area contributed by atoms with E-state index >= 15 is 0 Å². The summed E-state index contributed by atoms with van der Waals surface area (Å²) in [7, 11) is -3.20. The number of benzene rings is 1. The number of carboxylic acids is 1. The number of amides is 1. The maximum absolute atomic E-state index is 13.9. The number of sulfone groups is 1. The van der Waals surface area contributed by atoms with Crippen molar-refractivity contribution in [3.63, 3.8) is 0 Å². The SMILES string of the molecule is O=C(NCC1CC1)[C@H]1CCS(=O)(=O)[C@@H]2CN(Cc3ccccc3F)C[C@H]12.O=C(O)C(F)(F)F. The van der Waals surface area contributed by atoms with Crippen molar-refractivity contribution in [3.05, 3.63) is 35.6 Å². The molecule has 3 aliphatic rings. The predicted octanol–water partition coefficient (Wildman–Crippen LogP) is 2.22. The summed E-state index contributed by atoms with van der Waals surface area (Å²) in [4.78, 5) is 23.5. The van der Waals surface area contributed by atoms with Crippen molar-refractivity contribution < 1.29 is 40.7 Å². The number of aliphatic carboxylic acids is 1. The smallest absolute Gasteiger partial charge is 0.475 e. The number of likely N-dealkylation sites (tertiary alicyclic amines) is 1. The number of alkyl halides is 3. The molecular weight excluding hydrogens is 468 g/mol. The minimum Gasteiger partial charge on any atom is -0.475 e. The van der Waals surface area contributed by atoms with E-state index in [0.29, 0.717) is 44.1 Å². The lowest BCUT2D eigenvalue weighted by molar-refractivity contribution is -0.192. The summed E-state index contributed by atoms with van der Waals surface area (Å²) in [5.74, 6) is -2.81. The molecule has 0 bridgehead atoms. The van der Waals surface area contributed by atoms with Crippen molar-refractivity contribution in [1.82, 2.24) is 10.2 Å². The molecule has 1 amide bonds. The molecule has 2 aliphatic heterocycles. The van der Waals surface area contributed by atoms with Crippen LogP contribution in [0.4, 0.5) is 17.6 Å². The van der Waals surface area contributed by atoms with Gasteiger partial charge in [0, 0.05) is 43.6 Å². The van der Waals surface area contributed by atoms with Gasteiger partial charge in [-0.05, 0) is 31.2 Å². The van der Waals surface area contributed by atoms with Gasteiger partial charge in [-0.15, -0.1) is 0 Å². The first-order valence-electron chi connectivity index (χ1n) is 10.6. The molecule has 1 aromatic carbocycles. The standard InChI is InChI=1S/C19H25FN2O3S.C2HF3O2/c20-17-4-2-1-3-14(17)10-22-11-16-15(19(23)21-9-13-5-6-13)7-8-26(24,25)18(16)12-22;3-2(4,5)1(6)7/h1-4,13,15-16,18H,5-12H2,(H,21,23);(H,6,7)/t15-,16+,18+;/m0./s1. The molecule has 0 spiro atoms. The van der Waals surface area contributed by atoms with Gasteiger partial charge in [-0.25, -0.2) is 17.6 Å². The zero-order chi connectivity index (χ0) is 24.4. The van der Waals surface area contributed by atoms with Crippen molar-refractivity contribution in [2.45, 2.75) is 37.2 Å². The maximum Gasteiger partial charge on any atom is 0.490 e. The Labute approximate surface area is 189 Å². The van der Waals surface area contributed by atoms with Crippen LogP contribution in [0.3, 0.4) is 0 Å². The van der Waals surface area contributed by atoms with Gasteiger partial charge in [0.1, 0.15) is 5.82 Å². The molecule has 0 unspecified atom stereocenters. The summed E-state index contributed by atoms with van der Waals surface area (Å²) in [5, 5.41) is 9.63. The maximum atomic E-state index is 13.9. The van der Waals surface area contributed by atoms with Gasteiger partial charge in [-0.2, -0.15) is 13.2 Å². The molecule has 12 heteroatoms. The number of carbonyl (C=O) groups is 2. The minimum absolute atomic E-state index is 0.00505. The second-order valence-corrected chi connectivity index (χ2v) is 11.1. The van der Waals surface area contributed by atoms with Gasteiger partial charge in [0.05, 0.1) is 11.0 Å². The number of hydrogen-bond acceptors (Lipinski definition) is 5. The number of rotatable bonds is 5. The molecule has 0 radical (unpaired) electrons. The number of nitrogens with one attached hydrogen (secondary N) is 1. The quantitative estimate of drug-likeness (QED) is 0.609. The number of carbonyl (C=O) groups excluding carboxylic acids is 1. The molecule has 2 N–H and O–H groups in total. The molecule has 2 heterocycles. The summed E-state index contributed by atoms with van der Waals surface area (Å²) < 4.78 is 70.8. The second-order valence-electron chi connectivity index (χ2n) is 8.74. The topological polar surface area (TPSA) is 104 Å². The molecule has 4 rings (SSSR count). The Hall–Kier alpha value is -2.21. The molecule has 7 nitrogen and oxygen atoms in total. The summed E-state index contributed by atoms with van der Waals surface area (Å²) >= 11 is 0. The average molecular weight is 495 g/mol. The van der Waals surface area contributed by atoms with Gasteiger partial charge in [-0.3, -0.25) is 9.69 Å². The number of halogens is 4. The fourth-order valence-electron chi connectivity index (χ4n) is 4.32. The van der Waals surface area contributed by atoms with E-state index in [0.717, 1.165) is 0 Å². The summed E-state index contributed by atoms with van der Waals surface area (Å²) in [6.07, 6.45) is -2.35. The largest absolute Gasteiger partial charge is 0.490 e. The van der Waals surface area contributed by atoms with Gasteiger partial charge in [0.15, 0.2) is 9.84 Å². The molecule has 1 aromatic rings. The zero-order valence-corrected chi connectivity index (χ0v) is 18.5. The monoisotopic (exact) mass is 494 g/mol. The summed E-state index contributed by atoms with van der Waals surface area (Å²) in [6, 6.07) is 6.58. The Balaban J connectivity index is 0.000000383. The van der Waals surface area contributed by atoms with Crippen LogP contribution in [0.1, 0.15) is 24.8 Å². The molecule has 2 saturated heterocycles. The van der Waals surface area contributed by atoms with Gasteiger partial charge in [-0.1, -0.05) is 18.2 Å². The van der Waals surface area contributed by atoms with Crippen molar-refractivity contribution >= 4 is 21.7 Å². The Bertz CT molecular complexity index is 981. The molecule has 33 heavy (non-hydrogen) atoms. The average Bonchev–Trinajstić information content (AvgIpc) is 3.45. The highest BCUT2D eigenvalue weighted by Crippen LogP contribution is 2.38. The van der Waals surface area contributed by atoms with Crippen molar-refractivity contribution in [3.8, 4) is 0 Å². The lowest BCUT2D eigenvalue weighted by atomic mass is 9.87. The van der Waals surface area contributed by atoms with Crippen LogP contribution in [-0.4, -0.2) is 67.1 Å². The third-order valence-electron chi connectivity index (χ3n) is 6.27. The number of fused-ring (bicyclic) bond motifs is 1. The van der Waals surface area contributed by atoms with Crippen LogP contribution >= 0.6 is 0 Å². The van der Waals surface area contributed by atoms with Crippen LogP contribution in [0, 0.1) is 23.6 Å². The molecule has 3 fully saturated rings. The van der Waals surface area contributed by atoms with Gasteiger partial charge in [0.25, 0.3) is 0 Å². The minimum atomic E-state index is -5.08. The highest BCUT2D eigenvalue weighted by Gasteiger charge is 2.50. The Morgan fingerprint density at radius 1 is 1.12 bits per heavy atom. The van der Waals surface area contributed by atoms with Gasteiger partial charge >= 0.3 is 12.1 Å². The molecule has 3 atom stereocenters. The van der Waals surface area contributed by atoms with E-state index in [9.17, 15) is 30.8 Å². The number of nitrogens with zero attached hydrogens (tertiary/aromatic N) is 1. The van der Waals surface area contributed by atoms with Crippen molar-refractivity contribution in [2.75, 3.05) is 25.4 Å². The summed E-state index contributed by atoms with van der Waals surface area (Å²) in [5.41, 5.74) is 0.568. The molecule has 184 valence electrons. The van der Waals surface area contributed by atoms with Gasteiger partial charge < -0.3 is 10.4 Å². The van der Waals surface area contributed by atoms with E-state index in [-0.39, 0.29) is 29.3 Å². The van der Waals surface area contributed by atoms with E-state index in [4.69, 9.17) is 9.90 Å². The van der Waals surface area contributed by atoms with E-state index in [2.05, 4.69) is 5.32 Å². The van der Waals surface area contributed by atoms with Crippen molar-refractivity contribution in [1.29, 1.82) is 0 Å². The van der Waals surface area contributed by atoms with Crippen LogP contribution in [-0.2, 0) is 26.0 Å². The highest BCUT2D eigenvalue weighted by atomic mass is 32.2. The first kappa shape index (κ1) is 25.4. The summed E-state index contributed by atoms with van der Waals surface area (Å²) in [6.45, 7) is 2.00. The van der Waals surface area contributed by atoms with Crippen LogP contribution in [0.2, 0.25) is 0 Å². The molecule has 1 saturated carbocycles. The molecule has 1 aliphatic carbocycles. The lowest BCUT2D eigenvalue weighted by Crippen LogP contribution is -2.47. The number of hydrogen-bond donors (Lipinski definition) is 2. The van der Waals surface area contributed by atoms with Crippen molar-refractivity contribution in [2.24, 2.45) is 17.8 Å². The Kier molecular flexibility index (Phi) is 7.67. The Morgan fingerprint density at radius 3 is 2.33 bits per heavy atom. The fourth-order valence-corrected chi connectivity index (χ4v) is 6.45. The number of carboxylic acid groups (broad SMARTS) is 1. The zero-order valence-electron chi connectivity index (χ0n) is 17.7. The molecular formula is C21H26F4N2O5S. The van der Waals surface area contributed by atoms with E-state index < -0.39 is 27.2 Å². The first-order valence-corrected chi connectivity index (χ1v) is 12.3. The highest BCUT2D eigenvalue weighted by molar-refractivity contribution is 7.92. The van der Waals surface area contributed by atoms with E-state index in [1.54, 1.807) is 18.2 Å². The predicted molar refractivity (Wildman–Crippen MR) is 110 cm³/mol. The van der Waals surface area contributed by atoms with E-state index in [1.807, 2.05) is 4.90 Å². The second kappa shape index (κ2) is 9.96. The van der Waals surface area contributed by atoms with E-state index in [1.165, 1.54) is 18.9 Å². The normalized spacial score (nSPS) is 26.6. The fraction of sp³-hybridized carbons (Fsp3) is 0.619.